The van der Waals surface area contributed by atoms with Crippen LogP contribution in [-0.4, -0.2) is 12.5 Å². The first kappa shape index (κ1) is 11.6. The highest BCUT2D eigenvalue weighted by molar-refractivity contribution is 5.83. The summed E-state index contributed by atoms with van der Waals surface area (Å²) in [6.45, 7) is 5.40. The first-order valence-corrected chi connectivity index (χ1v) is 7.34. The molecule has 4 aliphatic rings. The molecule has 0 saturated heterocycles. The largest absolute Gasteiger partial charge is 0.356 e. The molecule has 1 amide bonds. The van der Waals surface area contributed by atoms with Gasteiger partial charge in [-0.2, -0.15) is 0 Å². The first-order valence-electron chi connectivity index (χ1n) is 7.34. The van der Waals surface area contributed by atoms with E-state index < -0.39 is 0 Å². The van der Waals surface area contributed by atoms with Crippen molar-refractivity contribution >= 4 is 5.91 Å². The highest BCUT2D eigenvalue weighted by Crippen LogP contribution is 2.65. The summed E-state index contributed by atoms with van der Waals surface area (Å²) in [5, 5.41) is 3.17. The maximum absolute atomic E-state index is 12.5. The van der Waals surface area contributed by atoms with Gasteiger partial charge in [-0.1, -0.05) is 13.8 Å². The standard InChI is InChI=1S/C15H25NO/c1-3-4-16-13(17)15-8-11-5-12(9-15)7-14(2,6-11)10-15/h11-12H,3-10H2,1-2H3,(H,16,17). The van der Waals surface area contributed by atoms with Crippen molar-refractivity contribution in [2.75, 3.05) is 6.54 Å². The van der Waals surface area contributed by atoms with Crippen LogP contribution in [0.15, 0.2) is 0 Å². The van der Waals surface area contributed by atoms with Gasteiger partial charge in [0.05, 0.1) is 5.41 Å². The van der Waals surface area contributed by atoms with Crippen LogP contribution in [0.1, 0.15) is 58.8 Å². The summed E-state index contributed by atoms with van der Waals surface area (Å²) in [5.41, 5.74) is 0.502. The van der Waals surface area contributed by atoms with Gasteiger partial charge in [-0.15, -0.1) is 0 Å². The van der Waals surface area contributed by atoms with Crippen molar-refractivity contribution in [1.29, 1.82) is 0 Å². The molecule has 4 bridgehead atoms. The van der Waals surface area contributed by atoms with Gasteiger partial charge < -0.3 is 5.32 Å². The number of nitrogens with one attached hydrogen (secondary N) is 1. The van der Waals surface area contributed by atoms with Crippen molar-refractivity contribution < 1.29 is 4.79 Å². The van der Waals surface area contributed by atoms with Crippen molar-refractivity contribution in [2.24, 2.45) is 22.7 Å². The van der Waals surface area contributed by atoms with Crippen LogP contribution in [0.3, 0.4) is 0 Å². The average Bonchev–Trinajstić information content (AvgIpc) is 2.22. The van der Waals surface area contributed by atoms with E-state index in [-0.39, 0.29) is 5.41 Å². The predicted octanol–water partition coefficient (Wildman–Crippen LogP) is 3.12. The van der Waals surface area contributed by atoms with Crippen LogP contribution in [0.25, 0.3) is 0 Å². The monoisotopic (exact) mass is 235 g/mol. The molecule has 17 heavy (non-hydrogen) atoms. The maximum Gasteiger partial charge on any atom is 0.226 e. The molecule has 4 rings (SSSR count). The van der Waals surface area contributed by atoms with Crippen molar-refractivity contribution in [2.45, 2.75) is 58.8 Å². The lowest BCUT2D eigenvalue weighted by atomic mass is 9.44. The normalized spacial score (nSPS) is 47.2. The Kier molecular flexibility index (Phi) is 2.53. The average molecular weight is 235 g/mol. The third kappa shape index (κ3) is 1.80. The van der Waals surface area contributed by atoms with Gasteiger partial charge in [0.15, 0.2) is 0 Å². The number of carbonyl (C=O) groups is 1. The SMILES string of the molecule is CCCNC(=O)C12CC3CC(CC(C)(C3)C1)C2. The van der Waals surface area contributed by atoms with Crippen molar-refractivity contribution in [3.8, 4) is 0 Å². The summed E-state index contributed by atoms with van der Waals surface area (Å²) in [4.78, 5) is 12.5. The van der Waals surface area contributed by atoms with E-state index in [4.69, 9.17) is 0 Å². The highest BCUT2D eigenvalue weighted by atomic mass is 16.2. The molecule has 0 aromatic rings. The minimum absolute atomic E-state index is 0.0218. The van der Waals surface area contributed by atoms with Gasteiger partial charge in [0.25, 0.3) is 0 Å². The lowest BCUT2D eigenvalue weighted by Crippen LogP contribution is -2.56. The number of rotatable bonds is 3. The van der Waals surface area contributed by atoms with E-state index in [1.54, 1.807) is 0 Å². The number of hydrogen-bond donors (Lipinski definition) is 1. The maximum atomic E-state index is 12.5. The first-order chi connectivity index (χ1) is 8.05. The summed E-state index contributed by atoms with van der Waals surface area (Å²) in [7, 11) is 0. The Hall–Kier alpha value is -0.530. The molecule has 96 valence electrons. The third-order valence-corrected chi connectivity index (χ3v) is 5.37. The van der Waals surface area contributed by atoms with Gasteiger partial charge in [-0.05, 0) is 62.2 Å². The molecule has 4 saturated carbocycles. The van der Waals surface area contributed by atoms with Crippen LogP contribution in [0.5, 0.6) is 0 Å². The fourth-order valence-corrected chi connectivity index (χ4v) is 5.41. The minimum atomic E-state index is 0.0218. The summed E-state index contributed by atoms with van der Waals surface area (Å²) >= 11 is 0. The summed E-state index contributed by atoms with van der Waals surface area (Å²) in [5.74, 6) is 2.06. The molecule has 2 nitrogen and oxygen atoms in total. The topological polar surface area (TPSA) is 29.1 Å². The van der Waals surface area contributed by atoms with Gasteiger partial charge >= 0.3 is 0 Å². The molecule has 2 unspecified atom stereocenters. The molecule has 0 aromatic heterocycles. The number of amides is 1. The quantitative estimate of drug-likeness (QED) is 0.800. The summed E-state index contributed by atoms with van der Waals surface area (Å²) < 4.78 is 0. The zero-order chi connectivity index (χ0) is 12.1. The Labute approximate surface area is 105 Å². The van der Waals surface area contributed by atoms with Gasteiger partial charge in [-0.25, -0.2) is 0 Å². The molecule has 0 aliphatic heterocycles. The fourth-order valence-electron chi connectivity index (χ4n) is 5.41. The molecule has 0 aromatic carbocycles. The zero-order valence-corrected chi connectivity index (χ0v) is 11.2. The minimum Gasteiger partial charge on any atom is -0.356 e. The van der Waals surface area contributed by atoms with Crippen LogP contribution in [-0.2, 0) is 4.79 Å². The molecule has 4 aliphatic carbocycles. The van der Waals surface area contributed by atoms with E-state index in [2.05, 4.69) is 19.2 Å². The molecule has 0 heterocycles. The van der Waals surface area contributed by atoms with Crippen molar-refractivity contribution in [3.05, 3.63) is 0 Å². The second-order valence-electron chi connectivity index (χ2n) is 7.31. The zero-order valence-electron chi connectivity index (χ0n) is 11.2. The Morgan fingerprint density at radius 3 is 2.41 bits per heavy atom. The van der Waals surface area contributed by atoms with E-state index in [9.17, 15) is 4.79 Å². The third-order valence-electron chi connectivity index (χ3n) is 5.37. The lowest BCUT2D eigenvalue weighted by Gasteiger charge is -2.60. The molecule has 2 atom stereocenters. The van der Waals surface area contributed by atoms with Crippen LogP contribution in [0.4, 0.5) is 0 Å². The Morgan fingerprint density at radius 1 is 1.24 bits per heavy atom. The summed E-state index contributed by atoms with van der Waals surface area (Å²) in [6, 6.07) is 0. The van der Waals surface area contributed by atoms with E-state index in [1.165, 1.54) is 32.1 Å². The molecular weight excluding hydrogens is 210 g/mol. The molecular formula is C15H25NO. The Morgan fingerprint density at radius 2 is 1.88 bits per heavy atom. The van der Waals surface area contributed by atoms with Crippen LogP contribution < -0.4 is 5.32 Å². The lowest BCUT2D eigenvalue weighted by molar-refractivity contribution is -0.155. The van der Waals surface area contributed by atoms with Crippen molar-refractivity contribution in [1.82, 2.24) is 5.32 Å². The molecule has 2 heteroatoms. The molecule has 0 spiro atoms. The molecule has 1 N–H and O–H groups in total. The van der Waals surface area contributed by atoms with Gasteiger partial charge in [-0.3, -0.25) is 4.79 Å². The van der Waals surface area contributed by atoms with Crippen LogP contribution in [0, 0.1) is 22.7 Å². The fraction of sp³-hybridized carbons (Fsp3) is 0.933. The highest BCUT2D eigenvalue weighted by Gasteiger charge is 2.58. The predicted molar refractivity (Wildman–Crippen MR) is 68.5 cm³/mol. The van der Waals surface area contributed by atoms with Crippen LogP contribution in [0.2, 0.25) is 0 Å². The Bertz CT molecular complexity index is 322. The van der Waals surface area contributed by atoms with Crippen molar-refractivity contribution in [3.63, 3.8) is 0 Å². The Balaban J connectivity index is 1.81. The van der Waals surface area contributed by atoms with Gasteiger partial charge in [0, 0.05) is 6.54 Å². The van der Waals surface area contributed by atoms with E-state index >= 15 is 0 Å². The van der Waals surface area contributed by atoms with E-state index in [0.717, 1.165) is 31.2 Å². The summed E-state index contributed by atoms with van der Waals surface area (Å²) in [6.07, 6.45) is 8.72. The second-order valence-corrected chi connectivity index (χ2v) is 7.31. The number of hydrogen-bond acceptors (Lipinski definition) is 1. The molecule has 4 fully saturated rings. The second kappa shape index (κ2) is 3.73. The van der Waals surface area contributed by atoms with Crippen LogP contribution >= 0.6 is 0 Å². The van der Waals surface area contributed by atoms with Gasteiger partial charge in [0.1, 0.15) is 0 Å². The van der Waals surface area contributed by atoms with E-state index in [1.807, 2.05) is 0 Å². The molecule has 0 radical (unpaired) electrons. The number of carbonyl (C=O) groups excluding carboxylic acids is 1. The van der Waals surface area contributed by atoms with E-state index in [0.29, 0.717) is 11.3 Å². The van der Waals surface area contributed by atoms with Gasteiger partial charge in [0.2, 0.25) is 5.91 Å². The smallest absolute Gasteiger partial charge is 0.226 e.